The fourth-order valence-corrected chi connectivity index (χ4v) is 2.12. The van der Waals surface area contributed by atoms with Gasteiger partial charge in [0.15, 0.2) is 5.11 Å². The summed E-state index contributed by atoms with van der Waals surface area (Å²) in [5.41, 5.74) is 5.76. The number of hydrazone groups is 1. The van der Waals surface area contributed by atoms with E-state index in [4.69, 9.17) is 12.2 Å². The average Bonchev–Trinajstić information content (AvgIpc) is 2.53. The van der Waals surface area contributed by atoms with Crippen molar-refractivity contribution in [2.24, 2.45) is 5.10 Å². The van der Waals surface area contributed by atoms with Crippen molar-refractivity contribution in [3.8, 4) is 5.75 Å². The number of nitrogens with zero attached hydrogens (tertiary/aromatic N) is 2. The number of anilines is 1. The average molecular weight is 344 g/mol. The third-order valence-corrected chi connectivity index (χ3v) is 3.64. The monoisotopic (exact) mass is 344 g/mol. The van der Waals surface area contributed by atoms with E-state index in [-0.39, 0.29) is 22.1 Å². The summed E-state index contributed by atoms with van der Waals surface area (Å²) in [7, 11) is 0. The summed E-state index contributed by atoms with van der Waals surface area (Å²) in [5, 5.41) is 27.6. The van der Waals surface area contributed by atoms with E-state index in [1.807, 2.05) is 32.0 Å². The van der Waals surface area contributed by atoms with E-state index >= 15 is 0 Å². The van der Waals surface area contributed by atoms with Crippen molar-refractivity contribution in [1.29, 1.82) is 0 Å². The number of nitro benzene ring substituents is 1. The standard InChI is InChI=1S/C16H16N4O3S/c1-10-4-3-5-14(11(10)2)18-16(24)19-17-9-12-8-13(20(22)23)6-7-15(12)21/h3-9,21H,1-2H3,(H2,18,19,24)/b17-9+. The smallest absolute Gasteiger partial charge is 0.270 e. The lowest BCUT2D eigenvalue weighted by molar-refractivity contribution is -0.384. The first-order valence-corrected chi connectivity index (χ1v) is 7.43. The van der Waals surface area contributed by atoms with Gasteiger partial charge in [0.1, 0.15) is 5.75 Å². The molecule has 0 saturated carbocycles. The van der Waals surface area contributed by atoms with Gasteiger partial charge in [-0.2, -0.15) is 5.10 Å². The molecule has 0 aliphatic carbocycles. The highest BCUT2D eigenvalue weighted by Gasteiger charge is 2.08. The third kappa shape index (κ3) is 4.26. The predicted molar refractivity (Wildman–Crippen MR) is 97.6 cm³/mol. The molecule has 0 unspecified atom stereocenters. The molecule has 7 nitrogen and oxygen atoms in total. The first kappa shape index (κ1) is 17.4. The molecule has 2 aromatic rings. The van der Waals surface area contributed by atoms with Crippen LogP contribution in [-0.2, 0) is 0 Å². The Hall–Kier alpha value is -3.00. The van der Waals surface area contributed by atoms with E-state index in [2.05, 4.69) is 15.8 Å². The number of phenolic OH excluding ortho intramolecular Hbond substituents is 1. The Labute approximate surface area is 144 Å². The number of rotatable bonds is 4. The quantitative estimate of drug-likeness (QED) is 0.341. The van der Waals surface area contributed by atoms with Crippen LogP contribution in [0.4, 0.5) is 11.4 Å². The zero-order valence-electron chi connectivity index (χ0n) is 13.1. The largest absolute Gasteiger partial charge is 0.507 e. The number of nitrogens with one attached hydrogen (secondary N) is 2. The minimum atomic E-state index is -0.545. The maximum atomic E-state index is 10.7. The molecule has 0 heterocycles. The van der Waals surface area contributed by atoms with Crippen LogP contribution in [0.5, 0.6) is 5.75 Å². The van der Waals surface area contributed by atoms with Gasteiger partial charge in [-0.25, -0.2) is 0 Å². The van der Waals surface area contributed by atoms with Gasteiger partial charge in [0.25, 0.3) is 5.69 Å². The first-order valence-electron chi connectivity index (χ1n) is 7.02. The number of aryl methyl sites for hydroxylation is 1. The van der Waals surface area contributed by atoms with Gasteiger partial charge in [-0.15, -0.1) is 0 Å². The lowest BCUT2D eigenvalue weighted by Crippen LogP contribution is -2.24. The summed E-state index contributed by atoms with van der Waals surface area (Å²) in [6.45, 7) is 3.98. The lowest BCUT2D eigenvalue weighted by Gasteiger charge is -2.11. The summed E-state index contributed by atoms with van der Waals surface area (Å²) in [6, 6.07) is 9.49. The van der Waals surface area contributed by atoms with Crippen LogP contribution >= 0.6 is 12.2 Å². The fraction of sp³-hybridized carbons (Fsp3) is 0.125. The van der Waals surface area contributed by atoms with Gasteiger partial charge in [0, 0.05) is 23.4 Å². The molecule has 2 rings (SSSR count). The normalized spacial score (nSPS) is 10.6. The second-order valence-corrected chi connectivity index (χ2v) is 5.48. The molecule has 0 atom stereocenters. The predicted octanol–water partition coefficient (Wildman–Crippen LogP) is 3.24. The van der Waals surface area contributed by atoms with Crippen molar-refractivity contribution >= 4 is 34.9 Å². The zero-order valence-corrected chi connectivity index (χ0v) is 13.9. The Morgan fingerprint density at radius 1 is 1.33 bits per heavy atom. The highest BCUT2D eigenvalue weighted by atomic mass is 32.1. The van der Waals surface area contributed by atoms with Crippen molar-refractivity contribution in [2.45, 2.75) is 13.8 Å². The van der Waals surface area contributed by atoms with Crippen LogP contribution in [0.15, 0.2) is 41.5 Å². The molecule has 3 N–H and O–H groups in total. The van der Waals surface area contributed by atoms with E-state index in [9.17, 15) is 15.2 Å². The molecule has 0 radical (unpaired) electrons. The lowest BCUT2D eigenvalue weighted by atomic mass is 10.1. The molecule has 0 saturated heterocycles. The molecular weight excluding hydrogens is 328 g/mol. The number of hydrogen-bond donors (Lipinski definition) is 3. The molecule has 0 aliphatic rings. The molecule has 124 valence electrons. The van der Waals surface area contributed by atoms with Crippen molar-refractivity contribution in [1.82, 2.24) is 5.43 Å². The fourth-order valence-electron chi connectivity index (χ4n) is 1.96. The van der Waals surface area contributed by atoms with Gasteiger partial charge < -0.3 is 10.4 Å². The van der Waals surface area contributed by atoms with E-state index < -0.39 is 4.92 Å². The van der Waals surface area contributed by atoms with Gasteiger partial charge >= 0.3 is 0 Å². The number of nitro groups is 1. The van der Waals surface area contributed by atoms with Crippen LogP contribution in [0.3, 0.4) is 0 Å². The highest BCUT2D eigenvalue weighted by molar-refractivity contribution is 7.80. The summed E-state index contributed by atoms with van der Waals surface area (Å²) in [5.74, 6) is -0.112. The maximum Gasteiger partial charge on any atom is 0.270 e. The van der Waals surface area contributed by atoms with Crippen LogP contribution in [-0.4, -0.2) is 21.4 Å². The molecule has 24 heavy (non-hydrogen) atoms. The Morgan fingerprint density at radius 2 is 2.08 bits per heavy atom. The second-order valence-electron chi connectivity index (χ2n) is 5.07. The summed E-state index contributed by atoms with van der Waals surface area (Å²) in [4.78, 5) is 10.2. The number of thiocarbonyl (C=S) groups is 1. The van der Waals surface area contributed by atoms with Crippen molar-refractivity contribution in [3.63, 3.8) is 0 Å². The number of benzene rings is 2. The van der Waals surface area contributed by atoms with Crippen LogP contribution in [0.1, 0.15) is 16.7 Å². The highest BCUT2D eigenvalue weighted by Crippen LogP contribution is 2.21. The molecular formula is C16H16N4O3S. The van der Waals surface area contributed by atoms with E-state index in [0.29, 0.717) is 0 Å². The van der Waals surface area contributed by atoms with Gasteiger partial charge in [-0.3, -0.25) is 15.5 Å². The van der Waals surface area contributed by atoms with Crippen LogP contribution in [0.25, 0.3) is 0 Å². The van der Waals surface area contributed by atoms with Gasteiger partial charge in [0.05, 0.1) is 11.1 Å². The van der Waals surface area contributed by atoms with E-state index in [1.165, 1.54) is 24.4 Å². The summed E-state index contributed by atoms with van der Waals surface area (Å²) in [6.07, 6.45) is 1.26. The Morgan fingerprint density at radius 3 is 2.79 bits per heavy atom. The van der Waals surface area contributed by atoms with Crippen LogP contribution in [0.2, 0.25) is 0 Å². The zero-order chi connectivity index (χ0) is 17.7. The molecule has 8 heteroatoms. The number of non-ortho nitro benzene ring substituents is 1. The Balaban J connectivity index is 2.04. The van der Waals surface area contributed by atoms with E-state index in [1.54, 1.807) is 0 Å². The topological polar surface area (TPSA) is 99.8 Å². The Bertz CT molecular complexity index is 821. The van der Waals surface area contributed by atoms with Crippen LogP contribution in [0, 0.1) is 24.0 Å². The van der Waals surface area contributed by atoms with Gasteiger partial charge in [-0.05, 0) is 49.3 Å². The van der Waals surface area contributed by atoms with Crippen molar-refractivity contribution in [2.75, 3.05) is 5.32 Å². The van der Waals surface area contributed by atoms with Gasteiger partial charge in [-0.1, -0.05) is 12.1 Å². The summed E-state index contributed by atoms with van der Waals surface area (Å²) < 4.78 is 0. The Kier molecular flexibility index (Phi) is 5.43. The first-order chi connectivity index (χ1) is 11.4. The van der Waals surface area contributed by atoms with Crippen molar-refractivity contribution in [3.05, 3.63) is 63.2 Å². The van der Waals surface area contributed by atoms with E-state index in [0.717, 1.165) is 16.8 Å². The minimum Gasteiger partial charge on any atom is -0.507 e. The van der Waals surface area contributed by atoms with Crippen LogP contribution < -0.4 is 10.7 Å². The molecule has 0 amide bonds. The number of hydrogen-bond acceptors (Lipinski definition) is 5. The molecule has 0 fully saturated rings. The third-order valence-electron chi connectivity index (χ3n) is 3.44. The maximum absolute atomic E-state index is 10.7. The van der Waals surface area contributed by atoms with Crippen molar-refractivity contribution < 1.29 is 10.0 Å². The van der Waals surface area contributed by atoms with Gasteiger partial charge in [0.2, 0.25) is 0 Å². The molecule has 0 aliphatic heterocycles. The molecule has 0 aromatic heterocycles. The minimum absolute atomic E-state index is 0.112. The molecule has 0 bridgehead atoms. The SMILES string of the molecule is Cc1cccc(NC(=S)N/N=C/c2cc([N+](=O)[O-])ccc2O)c1C. The summed E-state index contributed by atoms with van der Waals surface area (Å²) >= 11 is 5.15. The number of aromatic hydroxyl groups is 1. The molecule has 2 aromatic carbocycles. The number of phenols is 1. The second kappa shape index (κ2) is 7.51. The molecule has 0 spiro atoms.